The van der Waals surface area contributed by atoms with Crippen molar-refractivity contribution in [3.8, 4) is 5.75 Å². The maximum absolute atomic E-state index is 5.76. The Morgan fingerprint density at radius 3 is 2.85 bits per heavy atom. The van der Waals surface area contributed by atoms with Gasteiger partial charge in [0.05, 0.1) is 6.04 Å². The first-order valence-corrected chi connectivity index (χ1v) is 4.44. The number of nitrogens with two attached hydrogens (primary N) is 2. The van der Waals surface area contributed by atoms with Gasteiger partial charge < -0.3 is 16.2 Å². The first-order valence-electron chi connectivity index (χ1n) is 4.06. The normalized spacial score (nSPS) is 12.5. The molecule has 1 unspecified atom stereocenters. The average molecular weight is 201 g/mol. The first-order chi connectivity index (χ1) is 6.22. The third-order valence-electron chi connectivity index (χ3n) is 1.56. The van der Waals surface area contributed by atoms with Crippen molar-refractivity contribution in [1.82, 2.24) is 0 Å². The Morgan fingerprint density at radius 2 is 2.23 bits per heavy atom. The van der Waals surface area contributed by atoms with Crippen molar-refractivity contribution in [3.63, 3.8) is 0 Å². The Bertz CT molecular complexity index is 268. The minimum absolute atomic E-state index is 0.126. The summed E-state index contributed by atoms with van der Waals surface area (Å²) in [6.07, 6.45) is 0. The number of benzene rings is 1. The van der Waals surface area contributed by atoms with Gasteiger partial charge >= 0.3 is 0 Å². The molecule has 0 fully saturated rings. The highest BCUT2D eigenvalue weighted by atomic mass is 35.5. The standard InChI is InChI=1S/C9H13ClN2O/c10-7-2-1-3-9(4-7)13-6-8(12)5-11/h1-4,8H,5-6,11-12H2. The molecule has 0 spiro atoms. The second-order valence-electron chi connectivity index (χ2n) is 2.76. The van der Waals surface area contributed by atoms with E-state index in [0.29, 0.717) is 18.2 Å². The molecule has 3 nitrogen and oxygen atoms in total. The lowest BCUT2D eigenvalue weighted by Gasteiger charge is -2.10. The van der Waals surface area contributed by atoms with E-state index in [0.717, 1.165) is 5.75 Å². The maximum atomic E-state index is 5.76. The van der Waals surface area contributed by atoms with Crippen LogP contribution in [-0.4, -0.2) is 19.2 Å². The quantitative estimate of drug-likeness (QED) is 0.763. The van der Waals surface area contributed by atoms with Crippen molar-refractivity contribution in [1.29, 1.82) is 0 Å². The molecule has 0 saturated carbocycles. The highest BCUT2D eigenvalue weighted by molar-refractivity contribution is 6.30. The summed E-state index contributed by atoms with van der Waals surface area (Å²) in [6, 6.07) is 7.06. The van der Waals surface area contributed by atoms with Crippen LogP contribution in [0, 0.1) is 0 Å². The molecule has 0 bridgehead atoms. The highest BCUT2D eigenvalue weighted by Gasteiger charge is 2.00. The van der Waals surface area contributed by atoms with Crippen molar-refractivity contribution in [3.05, 3.63) is 29.3 Å². The molecule has 1 atom stereocenters. The molecule has 0 radical (unpaired) electrons. The van der Waals surface area contributed by atoms with Gasteiger partial charge in [0.15, 0.2) is 0 Å². The smallest absolute Gasteiger partial charge is 0.120 e. The molecule has 1 aromatic rings. The molecule has 0 aliphatic rings. The number of hydrogen-bond donors (Lipinski definition) is 2. The van der Waals surface area contributed by atoms with Crippen molar-refractivity contribution in [2.24, 2.45) is 11.5 Å². The van der Waals surface area contributed by atoms with Gasteiger partial charge in [-0.25, -0.2) is 0 Å². The van der Waals surface area contributed by atoms with Gasteiger partial charge in [-0.15, -0.1) is 0 Å². The zero-order chi connectivity index (χ0) is 9.68. The largest absolute Gasteiger partial charge is 0.492 e. The van der Waals surface area contributed by atoms with Gasteiger partial charge in [0, 0.05) is 11.6 Å². The predicted molar refractivity (Wildman–Crippen MR) is 54.0 cm³/mol. The van der Waals surface area contributed by atoms with Crippen molar-refractivity contribution < 1.29 is 4.74 Å². The first kappa shape index (κ1) is 10.3. The number of ether oxygens (including phenoxy) is 1. The molecule has 1 aromatic carbocycles. The topological polar surface area (TPSA) is 61.3 Å². The zero-order valence-electron chi connectivity index (χ0n) is 7.24. The van der Waals surface area contributed by atoms with E-state index in [2.05, 4.69) is 0 Å². The van der Waals surface area contributed by atoms with Crippen LogP contribution in [0.2, 0.25) is 5.02 Å². The van der Waals surface area contributed by atoms with Crippen LogP contribution in [-0.2, 0) is 0 Å². The Morgan fingerprint density at radius 1 is 1.46 bits per heavy atom. The Hall–Kier alpha value is -0.770. The molecule has 0 aliphatic carbocycles. The molecule has 0 saturated heterocycles. The summed E-state index contributed by atoms with van der Waals surface area (Å²) in [5.41, 5.74) is 10.9. The molecule has 0 aromatic heterocycles. The molecule has 4 heteroatoms. The van der Waals surface area contributed by atoms with Gasteiger partial charge in [-0.1, -0.05) is 17.7 Å². The molecule has 0 heterocycles. The number of hydrogen-bond acceptors (Lipinski definition) is 3. The Balaban J connectivity index is 2.45. The summed E-state index contributed by atoms with van der Waals surface area (Å²) in [4.78, 5) is 0. The fraction of sp³-hybridized carbons (Fsp3) is 0.333. The summed E-state index contributed by atoms with van der Waals surface area (Å²) >= 11 is 5.76. The summed E-state index contributed by atoms with van der Waals surface area (Å²) in [5, 5.41) is 0.652. The lowest BCUT2D eigenvalue weighted by Crippen LogP contribution is -2.35. The van der Waals surface area contributed by atoms with E-state index in [1.54, 1.807) is 12.1 Å². The van der Waals surface area contributed by atoms with E-state index < -0.39 is 0 Å². The summed E-state index contributed by atoms with van der Waals surface area (Å²) < 4.78 is 5.35. The van der Waals surface area contributed by atoms with Gasteiger partial charge in [0.25, 0.3) is 0 Å². The Kier molecular flexibility index (Phi) is 4.02. The lowest BCUT2D eigenvalue weighted by molar-refractivity contribution is 0.291. The van der Waals surface area contributed by atoms with Crippen LogP contribution in [0.15, 0.2) is 24.3 Å². The zero-order valence-corrected chi connectivity index (χ0v) is 8.00. The fourth-order valence-electron chi connectivity index (χ4n) is 0.828. The van der Waals surface area contributed by atoms with Gasteiger partial charge in [0.1, 0.15) is 12.4 Å². The van der Waals surface area contributed by atoms with Gasteiger partial charge in [-0.3, -0.25) is 0 Å². The van der Waals surface area contributed by atoms with Gasteiger partial charge in [-0.05, 0) is 18.2 Å². The van der Waals surface area contributed by atoms with Crippen LogP contribution < -0.4 is 16.2 Å². The summed E-state index contributed by atoms with van der Waals surface area (Å²) in [5.74, 6) is 0.719. The monoisotopic (exact) mass is 200 g/mol. The van der Waals surface area contributed by atoms with Crippen LogP contribution >= 0.6 is 11.6 Å². The molecule has 0 amide bonds. The second kappa shape index (κ2) is 5.07. The van der Waals surface area contributed by atoms with E-state index in [4.69, 9.17) is 27.8 Å². The third-order valence-corrected chi connectivity index (χ3v) is 1.80. The molecule has 0 aliphatic heterocycles. The molecular weight excluding hydrogens is 188 g/mol. The summed E-state index contributed by atoms with van der Waals surface area (Å²) in [7, 11) is 0. The van der Waals surface area contributed by atoms with E-state index in [-0.39, 0.29) is 6.04 Å². The maximum Gasteiger partial charge on any atom is 0.120 e. The lowest BCUT2D eigenvalue weighted by atomic mass is 10.3. The molecular formula is C9H13ClN2O. The minimum atomic E-state index is -0.126. The van der Waals surface area contributed by atoms with Crippen molar-refractivity contribution in [2.45, 2.75) is 6.04 Å². The fourth-order valence-corrected chi connectivity index (χ4v) is 1.01. The van der Waals surface area contributed by atoms with Gasteiger partial charge in [0.2, 0.25) is 0 Å². The van der Waals surface area contributed by atoms with Gasteiger partial charge in [-0.2, -0.15) is 0 Å². The second-order valence-corrected chi connectivity index (χ2v) is 3.20. The van der Waals surface area contributed by atoms with Crippen LogP contribution in [0.25, 0.3) is 0 Å². The minimum Gasteiger partial charge on any atom is -0.492 e. The highest BCUT2D eigenvalue weighted by Crippen LogP contribution is 2.16. The summed E-state index contributed by atoms with van der Waals surface area (Å²) in [6.45, 7) is 0.831. The van der Waals surface area contributed by atoms with Crippen LogP contribution in [0.4, 0.5) is 0 Å². The Labute approximate surface area is 82.6 Å². The van der Waals surface area contributed by atoms with Crippen molar-refractivity contribution in [2.75, 3.05) is 13.2 Å². The van der Waals surface area contributed by atoms with E-state index in [9.17, 15) is 0 Å². The van der Waals surface area contributed by atoms with Crippen molar-refractivity contribution >= 4 is 11.6 Å². The molecule has 72 valence electrons. The third kappa shape index (κ3) is 3.63. The van der Waals surface area contributed by atoms with Crippen LogP contribution in [0.3, 0.4) is 0 Å². The van der Waals surface area contributed by atoms with E-state index in [1.807, 2.05) is 12.1 Å². The van der Waals surface area contributed by atoms with Crippen LogP contribution in [0.1, 0.15) is 0 Å². The van der Waals surface area contributed by atoms with Crippen LogP contribution in [0.5, 0.6) is 5.75 Å². The predicted octanol–water partition coefficient (Wildman–Crippen LogP) is 1.00. The SMILES string of the molecule is NCC(N)COc1cccc(Cl)c1. The number of rotatable bonds is 4. The molecule has 1 rings (SSSR count). The van der Waals surface area contributed by atoms with E-state index >= 15 is 0 Å². The average Bonchev–Trinajstić information content (AvgIpc) is 2.14. The number of halogens is 1. The molecule has 4 N–H and O–H groups in total. The molecule has 13 heavy (non-hydrogen) atoms. The van der Waals surface area contributed by atoms with E-state index in [1.165, 1.54) is 0 Å².